The molecule has 0 amide bonds. The zero-order chi connectivity index (χ0) is 25.1. The van der Waals surface area contributed by atoms with Crippen LogP contribution in [0.25, 0.3) is 22.6 Å². The Morgan fingerprint density at radius 2 is 1.63 bits per heavy atom. The molecular weight excluding hydrogens is 452 g/mol. The van der Waals surface area contributed by atoms with Crippen molar-refractivity contribution >= 4 is 0 Å². The summed E-state index contributed by atoms with van der Waals surface area (Å²) in [6.07, 6.45) is 0.824. The highest BCUT2D eigenvalue weighted by molar-refractivity contribution is 5.62. The van der Waals surface area contributed by atoms with Crippen LogP contribution in [0.3, 0.4) is 0 Å². The Hall–Kier alpha value is -3.56. The number of nitrogens with zero attached hydrogens (tertiary/aromatic N) is 5. The van der Waals surface area contributed by atoms with Crippen molar-refractivity contribution in [1.29, 1.82) is 0 Å². The van der Waals surface area contributed by atoms with Crippen LogP contribution in [0.15, 0.2) is 54.7 Å². The normalized spacial score (nSPS) is 13.3. The lowest BCUT2D eigenvalue weighted by Gasteiger charge is -2.18. The van der Waals surface area contributed by atoms with Gasteiger partial charge in [0.1, 0.15) is 17.3 Å². The lowest BCUT2D eigenvalue weighted by atomic mass is 9.91. The fourth-order valence-corrected chi connectivity index (χ4v) is 3.93. The van der Waals surface area contributed by atoms with E-state index in [1.165, 1.54) is 18.2 Å². The number of benzene rings is 1. The van der Waals surface area contributed by atoms with Crippen molar-refractivity contribution in [2.75, 3.05) is 6.61 Å². The lowest BCUT2D eigenvalue weighted by Crippen LogP contribution is -2.20. The maximum absolute atomic E-state index is 14.3. The molecule has 0 aliphatic rings. The fourth-order valence-electron chi connectivity index (χ4n) is 3.93. The van der Waals surface area contributed by atoms with Crippen molar-refractivity contribution in [3.05, 3.63) is 83.3 Å². The monoisotopic (exact) mass is 479 g/mol. The van der Waals surface area contributed by atoms with Crippen LogP contribution >= 0.6 is 0 Å². The molecule has 0 saturated carbocycles. The summed E-state index contributed by atoms with van der Waals surface area (Å²) in [5.41, 5.74) is 3.50. The number of hydrogen-bond acceptors (Lipinski definition) is 6. The molecule has 3 heterocycles. The minimum Gasteiger partial charge on any atom is -0.394 e. The maximum Gasteiger partial charge on any atom is 0.135 e. The Balaban J connectivity index is 1.67. The SMILES string of the molecule is CC(C)c1cc(-c2c(F)cccc2F)nnc1C(C)c1cccc(-c2ccn(C[C@@H](O)CO)n2)n1. The van der Waals surface area contributed by atoms with Crippen molar-refractivity contribution in [3.63, 3.8) is 0 Å². The van der Waals surface area contributed by atoms with Gasteiger partial charge < -0.3 is 10.2 Å². The predicted octanol–water partition coefficient (Wildman–Crippen LogP) is 4.31. The summed E-state index contributed by atoms with van der Waals surface area (Å²) in [4.78, 5) is 4.77. The average molecular weight is 480 g/mol. The van der Waals surface area contributed by atoms with Gasteiger partial charge in [0.05, 0.1) is 41.9 Å². The first-order chi connectivity index (χ1) is 16.8. The molecule has 182 valence electrons. The highest BCUT2D eigenvalue weighted by atomic mass is 19.1. The molecule has 3 aromatic heterocycles. The highest BCUT2D eigenvalue weighted by Crippen LogP contribution is 2.33. The van der Waals surface area contributed by atoms with E-state index < -0.39 is 17.7 Å². The minimum atomic E-state index is -0.893. The zero-order valence-corrected chi connectivity index (χ0v) is 19.7. The van der Waals surface area contributed by atoms with Gasteiger partial charge in [0, 0.05) is 17.8 Å². The highest BCUT2D eigenvalue weighted by Gasteiger charge is 2.22. The Labute approximate surface area is 202 Å². The first-order valence-corrected chi connectivity index (χ1v) is 11.4. The van der Waals surface area contributed by atoms with Gasteiger partial charge in [-0.05, 0) is 47.9 Å². The maximum atomic E-state index is 14.3. The molecule has 0 aliphatic carbocycles. The van der Waals surface area contributed by atoms with Gasteiger partial charge in [0.25, 0.3) is 0 Å². The molecule has 0 bridgehead atoms. The molecule has 9 heteroatoms. The average Bonchev–Trinajstić information content (AvgIpc) is 3.32. The second-order valence-corrected chi connectivity index (χ2v) is 8.75. The first kappa shape index (κ1) is 24.6. The summed E-state index contributed by atoms with van der Waals surface area (Å²) in [5.74, 6) is -1.57. The van der Waals surface area contributed by atoms with E-state index in [0.29, 0.717) is 17.1 Å². The van der Waals surface area contributed by atoms with Crippen molar-refractivity contribution in [1.82, 2.24) is 25.0 Å². The van der Waals surface area contributed by atoms with E-state index in [-0.39, 0.29) is 36.2 Å². The van der Waals surface area contributed by atoms with Crippen molar-refractivity contribution in [3.8, 4) is 22.6 Å². The third kappa shape index (κ3) is 5.26. The number of halogens is 2. The van der Waals surface area contributed by atoms with Crippen LogP contribution in [-0.4, -0.2) is 47.9 Å². The fraction of sp³-hybridized carbons (Fsp3) is 0.308. The molecule has 7 nitrogen and oxygen atoms in total. The summed E-state index contributed by atoms with van der Waals surface area (Å²) in [5, 5.41) is 31.7. The Morgan fingerprint density at radius 1 is 0.914 bits per heavy atom. The van der Waals surface area contributed by atoms with Gasteiger partial charge in [-0.15, -0.1) is 0 Å². The third-order valence-electron chi connectivity index (χ3n) is 5.83. The minimum absolute atomic E-state index is 0.0355. The van der Waals surface area contributed by atoms with Crippen LogP contribution in [-0.2, 0) is 6.54 Å². The molecule has 4 aromatic rings. The van der Waals surface area contributed by atoms with Crippen molar-refractivity contribution in [2.45, 2.75) is 45.3 Å². The van der Waals surface area contributed by atoms with Crippen LogP contribution < -0.4 is 0 Å². The van der Waals surface area contributed by atoms with Crippen molar-refractivity contribution in [2.24, 2.45) is 0 Å². The van der Waals surface area contributed by atoms with E-state index in [2.05, 4.69) is 15.3 Å². The first-order valence-electron chi connectivity index (χ1n) is 11.4. The molecular formula is C26H27F2N5O2. The van der Waals surface area contributed by atoms with Gasteiger partial charge in [0.15, 0.2) is 0 Å². The van der Waals surface area contributed by atoms with E-state index >= 15 is 0 Å². The van der Waals surface area contributed by atoms with Crippen molar-refractivity contribution < 1.29 is 19.0 Å². The molecule has 0 spiro atoms. The standard InChI is InChI=1S/C26H27F2N5O2/c1-15(2)18-12-24(25-19(27)6-4-7-20(25)28)30-31-26(18)16(3)21-8-5-9-22(29-21)23-10-11-33(32-23)13-17(35)14-34/h4-12,15-17,34-35H,13-14H2,1-3H3/t16?,17-/m1/s1. The largest absolute Gasteiger partial charge is 0.394 e. The molecule has 0 fully saturated rings. The number of pyridine rings is 1. The van der Waals surface area contributed by atoms with Crippen LogP contribution in [0, 0.1) is 11.6 Å². The molecule has 2 N–H and O–H groups in total. The third-order valence-corrected chi connectivity index (χ3v) is 5.83. The lowest BCUT2D eigenvalue weighted by molar-refractivity contribution is 0.0783. The summed E-state index contributed by atoms with van der Waals surface area (Å²) in [6, 6.07) is 12.8. The topological polar surface area (TPSA) is 97.0 Å². The Morgan fingerprint density at radius 3 is 2.31 bits per heavy atom. The molecule has 4 rings (SSSR count). The van der Waals surface area contributed by atoms with E-state index in [9.17, 15) is 13.9 Å². The Kier molecular flexibility index (Phi) is 7.28. The van der Waals surface area contributed by atoms with Gasteiger partial charge >= 0.3 is 0 Å². The van der Waals surface area contributed by atoms with Gasteiger partial charge in [-0.2, -0.15) is 15.3 Å². The summed E-state index contributed by atoms with van der Waals surface area (Å²) >= 11 is 0. The van der Waals surface area contributed by atoms with Crippen LogP contribution in [0.5, 0.6) is 0 Å². The number of aromatic nitrogens is 5. The number of aliphatic hydroxyl groups is 2. The smallest absolute Gasteiger partial charge is 0.135 e. The quantitative estimate of drug-likeness (QED) is 0.391. The summed E-state index contributed by atoms with van der Waals surface area (Å²) in [6.45, 7) is 5.77. The summed E-state index contributed by atoms with van der Waals surface area (Å²) in [7, 11) is 0. The van der Waals surface area contributed by atoms with Crippen LogP contribution in [0.4, 0.5) is 8.78 Å². The van der Waals surface area contributed by atoms with Gasteiger partial charge in [-0.3, -0.25) is 9.67 Å². The molecule has 1 unspecified atom stereocenters. The second-order valence-electron chi connectivity index (χ2n) is 8.75. The summed E-state index contributed by atoms with van der Waals surface area (Å²) < 4.78 is 30.2. The van der Waals surface area contributed by atoms with Gasteiger partial charge in [-0.25, -0.2) is 8.78 Å². The van der Waals surface area contributed by atoms with E-state index in [1.807, 2.05) is 39.0 Å². The van der Waals surface area contributed by atoms with Crippen LogP contribution in [0.2, 0.25) is 0 Å². The van der Waals surface area contributed by atoms with E-state index in [0.717, 1.165) is 11.3 Å². The Bertz CT molecular complexity index is 1300. The molecule has 2 atom stereocenters. The molecule has 0 aliphatic heterocycles. The molecule has 0 saturated heterocycles. The number of aliphatic hydroxyl groups excluding tert-OH is 2. The molecule has 35 heavy (non-hydrogen) atoms. The van der Waals surface area contributed by atoms with Gasteiger partial charge in [-0.1, -0.05) is 32.9 Å². The molecule has 1 aromatic carbocycles. The van der Waals surface area contributed by atoms with E-state index in [1.54, 1.807) is 23.0 Å². The van der Waals surface area contributed by atoms with Gasteiger partial charge in [0.2, 0.25) is 0 Å². The predicted molar refractivity (Wildman–Crippen MR) is 128 cm³/mol. The zero-order valence-electron chi connectivity index (χ0n) is 19.7. The second kappa shape index (κ2) is 10.4. The number of hydrogen-bond donors (Lipinski definition) is 2. The van der Waals surface area contributed by atoms with E-state index in [4.69, 9.17) is 10.1 Å². The number of rotatable bonds is 8. The van der Waals surface area contributed by atoms with Crippen LogP contribution in [0.1, 0.15) is 49.6 Å². The molecule has 0 radical (unpaired) electrons.